The van der Waals surface area contributed by atoms with Crippen LogP contribution in [-0.2, 0) is 19.1 Å². The van der Waals surface area contributed by atoms with Crippen molar-refractivity contribution in [2.24, 2.45) is 0 Å². The fraction of sp³-hybridized carbons (Fsp3) is 0.167. The average molecular weight is 340 g/mol. The Kier molecular flexibility index (Phi) is 5.25. The van der Waals surface area contributed by atoms with Gasteiger partial charge in [-0.25, -0.2) is 9.59 Å². The Balaban J connectivity index is 2.84. The number of rotatable bonds is 3. The van der Waals surface area contributed by atoms with Crippen LogP contribution in [-0.4, -0.2) is 31.3 Å². The molecule has 0 amide bonds. The minimum Gasteiger partial charge on any atom is -0.508 e. The van der Waals surface area contributed by atoms with Crippen molar-refractivity contribution in [2.75, 3.05) is 19.1 Å². The van der Waals surface area contributed by atoms with E-state index in [1.807, 2.05) is 6.07 Å². The molecule has 0 saturated heterocycles. The molecule has 0 saturated carbocycles. The van der Waals surface area contributed by atoms with Crippen molar-refractivity contribution < 1.29 is 24.2 Å². The fourth-order valence-corrected chi connectivity index (χ4v) is 2.43. The Labute approximate surface area is 144 Å². The molecule has 1 aliphatic rings. The van der Waals surface area contributed by atoms with Gasteiger partial charge in [0.25, 0.3) is 0 Å². The van der Waals surface area contributed by atoms with Crippen LogP contribution in [0.25, 0.3) is 0 Å². The first-order valence-corrected chi connectivity index (χ1v) is 7.23. The summed E-state index contributed by atoms with van der Waals surface area (Å²) in [6, 6.07) is 4.83. The quantitative estimate of drug-likeness (QED) is 0.841. The van der Waals surface area contributed by atoms with Crippen molar-refractivity contribution in [1.82, 2.24) is 0 Å². The number of phenolic OH excluding ortho intramolecular Hbond substituents is 1. The molecule has 0 fully saturated rings. The first-order valence-electron chi connectivity index (χ1n) is 7.23. The predicted molar refractivity (Wildman–Crippen MR) is 89.4 cm³/mol. The molecule has 1 aromatic carbocycles. The number of ether oxygens (including phenoxy) is 2. The molecule has 1 aromatic rings. The number of aromatic hydroxyl groups is 1. The second kappa shape index (κ2) is 7.36. The Morgan fingerprint density at radius 1 is 1.16 bits per heavy atom. The van der Waals surface area contributed by atoms with Gasteiger partial charge in [-0.05, 0) is 31.2 Å². The number of allylic oxidation sites excluding steroid dienone is 2. The lowest BCUT2D eigenvalue weighted by atomic mass is 10.0. The Bertz CT molecular complexity index is 859. The van der Waals surface area contributed by atoms with Crippen LogP contribution in [0, 0.1) is 18.3 Å². The lowest BCUT2D eigenvalue weighted by molar-refractivity contribution is -0.139. The van der Waals surface area contributed by atoms with Crippen LogP contribution < -0.4 is 4.90 Å². The number of nitrogens with zero attached hydrogens (tertiary/aromatic N) is 2. The molecule has 7 nitrogen and oxygen atoms in total. The van der Waals surface area contributed by atoms with Gasteiger partial charge in [0, 0.05) is 11.8 Å². The molecule has 25 heavy (non-hydrogen) atoms. The van der Waals surface area contributed by atoms with E-state index >= 15 is 0 Å². The Morgan fingerprint density at radius 3 is 2.44 bits per heavy atom. The zero-order chi connectivity index (χ0) is 18.6. The highest BCUT2D eigenvalue weighted by Gasteiger charge is 2.30. The molecule has 128 valence electrons. The smallest absolute Gasteiger partial charge is 0.355 e. The normalized spacial score (nSPS) is 13.3. The number of carbonyl (C=O) groups is 2. The number of phenols is 1. The van der Waals surface area contributed by atoms with E-state index in [9.17, 15) is 20.0 Å². The third kappa shape index (κ3) is 3.23. The van der Waals surface area contributed by atoms with Crippen molar-refractivity contribution in [2.45, 2.75) is 6.92 Å². The molecule has 0 aliphatic carbocycles. The highest BCUT2D eigenvalue weighted by Crippen LogP contribution is 2.35. The average Bonchev–Trinajstić information content (AvgIpc) is 2.85. The zero-order valence-electron chi connectivity index (χ0n) is 13.9. The van der Waals surface area contributed by atoms with Gasteiger partial charge in [-0.3, -0.25) is 0 Å². The third-order valence-corrected chi connectivity index (χ3v) is 3.65. The zero-order valence-corrected chi connectivity index (χ0v) is 13.9. The summed E-state index contributed by atoms with van der Waals surface area (Å²) in [5.41, 5.74) is 0.698. The van der Waals surface area contributed by atoms with Crippen molar-refractivity contribution in [3.05, 3.63) is 59.0 Å². The summed E-state index contributed by atoms with van der Waals surface area (Å²) in [5.74, 6) is -1.58. The van der Waals surface area contributed by atoms with Crippen molar-refractivity contribution in [1.29, 1.82) is 5.26 Å². The molecule has 0 unspecified atom stereocenters. The molecule has 1 N–H and O–H groups in total. The molecule has 1 aliphatic heterocycles. The third-order valence-electron chi connectivity index (χ3n) is 3.65. The number of hydrogen-bond acceptors (Lipinski definition) is 7. The number of hydrogen-bond donors (Lipinski definition) is 1. The lowest BCUT2D eigenvalue weighted by Gasteiger charge is -2.25. The highest BCUT2D eigenvalue weighted by atomic mass is 16.5. The maximum Gasteiger partial charge on any atom is 0.355 e. The van der Waals surface area contributed by atoms with Gasteiger partial charge in [-0.15, -0.1) is 0 Å². The number of benzene rings is 1. The molecule has 7 heteroatoms. The van der Waals surface area contributed by atoms with Crippen molar-refractivity contribution in [3.8, 4) is 11.8 Å². The van der Waals surface area contributed by atoms with Crippen LogP contribution in [0.15, 0.2) is 47.8 Å². The molecule has 0 atom stereocenters. The van der Waals surface area contributed by atoms with Crippen molar-refractivity contribution in [3.63, 3.8) is 0 Å². The van der Waals surface area contributed by atoms with E-state index in [-0.39, 0.29) is 28.3 Å². The van der Waals surface area contributed by atoms with Gasteiger partial charge in [-0.1, -0.05) is 6.08 Å². The lowest BCUT2D eigenvalue weighted by Crippen LogP contribution is -2.28. The SMILES string of the molecule is COC(=O)C1=C(C(=O)OC)N(c2c(C#N)ccc(O)c2C)C=CC=C1. The first-order chi connectivity index (χ1) is 12.0. The van der Waals surface area contributed by atoms with Gasteiger partial charge in [0.2, 0.25) is 0 Å². The van der Waals surface area contributed by atoms with Gasteiger partial charge in [-0.2, -0.15) is 5.26 Å². The van der Waals surface area contributed by atoms with E-state index in [0.717, 1.165) is 0 Å². The summed E-state index contributed by atoms with van der Waals surface area (Å²) in [5, 5.41) is 19.4. The standard InChI is InChI=1S/C18H16N2O5/c1-11-14(21)8-7-12(10-19)15(11)20-9-5-4-6-13(17(22)24-2)16(20)18(23)25-3/h4-9,21H,1-3H3. The first kappa shape index (κ1) is 17.8. The number of anilines is 1. The maximum absolute atomic E-state index is 12.4. The van der Waals surface area contributed by atoms with E-state index in [1.54, 1.807) is 19.1 Å². The summed E-state index contributed by atoms with van der Waals surface area (Å²) in [4.78, 5) is 25.9. The maximum atomic E-state index is 12.4. The van der Waals surface area contributed by atoms with Crippen LogP contribution in [0.1, 0.15) is 11.1 Å². The molecule has 2 rings (SSSR count). The number of carbonyl (C=O) groups excluding carboxylic acids is 2. The minimum atomic E-state index is -0.789. The van der Waals surface area contributed by atoms with E-state index in [2.05, 4.69) is 0 Å². The molecule has 0 bridgehead atoms. The molecule has 0 spiro atoms. The monoisotopic (exact) mass is 340 g/mol. The van der Waals surface area contributed by atoms with Crippen LogP contribution in [0.5, 0.6) is 5.75 Å². The summed E-state index contributed by atoms with van der Waals surface area (Å²) in [6.07, 6.45) is 6.06. The second-order valence-corrected chi connectivity index (χ2v) is 5.03. The van der Waals surface area contributed by atoms with E-state index < -0.39 is 11.9 Å². The van der Waals surface area contributed by atoms with Gasteiger partial charge in [0.15, 0.2) is 0 Å². The molecule has 1 heterocycles. The van der Waals surface area contributed by atoms with Crippen LogP contribution in [0.3, 0.4) is 0 Å². The van der Waals surface area contributed by atoms with Crippen LogP contribution in [0.4, 0.5) is 5.69 Å². The fourth-order valence-electron chi connectivity index (χ4n) is 2.43. The number of esters is 2. The van der Waals surface area contributed by atoms with Gasteiger partial charge in [0.05, 0.1) is 31.0 Å². The summed E-state index contributed by atoms with van der Waals surface area (Å²) < 4.78 is 9.55. The van der Waals surface area contributed by atoms with E-state index in [4.69, 9.17) is 9.47 Å². The summed E-state index contributed by atoms with van der Waals surface area (Å²) in [7, 11) is 2.38. The van der Waals surface area contributed by atoms with Gasteiger partial charge in [0.1, 0.15) is 17.5 Å². The topological polar surface area (TPSA) is 99.9 Å². The van der Waals surface area contributed by atoms with Crippen molar-refractivity contribution >= 4 is 17.6 Å². The second-order valence-electron chi connectivity index (χ2n) is 5.03. The molecule has 0 aromatic heterocycles. The molecular weight excluding hydrogens is 324 g/mol. The largest absolute Gasteiger partial charge is 0.508 e. The van der Waals surface area contributed by atoms with E-state index in [1.165, 1.54) is 43.5 Å². The van der Waals surface area contributed by atoms with E-state index in [0.29, 0.717) is 5.56 Å². The highest BCUT2D eigenvalue weighted by molar-refractivity contribution is 6.05. The van der Waals surface area contributed by atoms with Gasteiger partial charge >= 0.3 is 11.9 Å². The van der Waals surface area contributed by atoms with Crippen LogP contribution in [0.2, 0.25) is 0 Å². The molecule has 0 radical (unpaired) electrons. The molecular formula is C18H16N2O5. The predicted octanol–water partition coefficient (Wildman–Crippen LogP) is 2.06. The summed E-state index contributed by atoms with van der Waals surface area (Å²) >= 11 is 0. The van der Waals surface area contributed by atoms with Gasteiger partial charge < -0.3 is 19.5 Å². The Morgan fingerprint density at radius 2 is 1.84 bits per heavy atom. The number of nitriles is 1. The summed E-state index contributed by atoms with van der Waals surface area (Å²) in [6.45, 7) is 1.60. The number of methoxy groups -OCH3 is 2. The Hall–Kier alpha value is -3.53. The van der Waals surface area contributed by atoms with Crippen LogP contribution >= 0.6 is 0 Å². The minimum absolute atomic E-state index is 0.0361.